The minimum atomic E-state index is -4.44. The molecule has 4 rings (SSSR count). The molecule has 1 aromatic heterocycles. The Balaban J connectivity index is 1.59. The van der Waals surface area contributed by atoms with Gasteiger partial charge < -0.3 is 14.2 Å². The monoisotopic (exact) mass is 417 g/mol. The number of benzene rings is 2. The molecule has 6 nitrogen and oxygen atoms in total. The Morgan fingerprint density at radius 1 is 1.20 bits per heavy atom. The molecule has 9 heteroatoms. The van der Waals surface area contributed by atoms with Crippen LogP contribution in [0, 0.1) is 0 Å². The van der Waals surface area contributed by atoms with Gasteiger partial charge in [-0.15, -0.1) is 0 Å². The first kappa shape index (κ1) is 19.9. The van der Waals surface area contributed by atoms with E-state index in [1.807, 2.05) is 12.1 Å². The Bertz CT molecular complexity index is 1060. The molecule has 0 N–H and O–H groups in total. The maximum atomic E-state index is 13.0. The number of nitrogens with zero attached hydrogens (tertiary/aromatic N) is 3. The van der Waals surface area contributed by atoms with Gasteiger partial charge in [0.25, 0.3) is 0 Å². The Labute approximate surface area is 170 Å². The lowest BCUT2D eigenvalue weighted by molar-refractivity contribution is -0.137. The van der Waals surface area contributed by atoms with Crippen molar-refractivity contribution in [2.75, 3.05) is 7.11 Å². The average Bonchev–Trinajstić information content (AvgIpc) is 3.35. The molecule has 0 aliphatic carbocycles. The number of hydrogen-bond donors (Lipinski definition) is 0. The third-order valence-electron chi connectivity index (χ3n) is 5.01. The molecular formula is C21H18F3N3O3. The minimum absolute atomic E-state index is 0.0276. The molecule has 0 bridgehead atoms. The van der Waals surface area contributed by atoms with Gasteiger partial charge in [0.05, 0.1) is 18.2 Å². The number of ether oxygens (including phenoxy) is 1. The van der Waals surface area contributed by atoms with Crippen molar-refractivity contribution in [2.45, 2.75) is 31.6 Å². The quantitative estimate of drug-likeness (QED) is 0.606. The normalized spacial score (nSPS) is 16.9. The molecule has 1 fully saturated rings. The minimum Gasteiger partial charge on any atom is -0.496 e. The van der Waals surface area contributed by atoms with Gasteiger partial charge in [-0.2, -0.15) is 18.2 Å². The van der Waals surface area contributed by atoms with Crippen molar-refractivity contribution in [3.05, 3.63) is 65.5 Å². The van der Waals surface area contributed by atoms with Crippen LogP contribution in [0.3, 0.4) is 0 Å². The van der Waals surface area contributed by atoms with Gasteiger partial charge in [0.2, 0.25) is 17.6 Å². The van der Waals surface area contributed by atoms with Gasteiger partial charge >= 0.3 is 6.18 Å². The van der Waals surface area contributed by atoms with Crippen molar-refractivity contribution in [1.82, 2.24) is 15.0 Å². The molecule has 3 aromatic rings. The number of rotatable bonds is 5. The second-order valence-electron chi connectivity index (χ2n) is 6.93. The van der Waals surface area contributed by atoms with Gasteiger partial charge in [-0.3, -0.25) is 4.79 Å². The summed E-state index contributed by atoms with van der Waals surface area (Å²) in [4.78, 5) is 18.3. The second-order valence-corrected chi connectivity index (χ2v) is 6.93. The number of methoxy groups -OCH3 is 1. The molecule has 0 saturated carbocycles. The van der Waals surface area contributed by atoms with Crippen molar-refractivity contribution in [3.63, 3.8) is 0 Å². The predicted octanol–water partition coefficient (Wildman–Crippen LogP) is 4.63. The molecule has 2 aromatic carbocycles. The Kier molecular flexibility index (Phi) is 5.19. The molecule has 0 radical (unpaired) electrons. The summed E-state index contributed by atoms with van der Waals surface area (Å²) in [5, 5.41) is 4.00. The fraction of sp³-hybridized carbons (Fsp3) is 0.286. The summed E-state index contributed by atoms with van der Waals surface area (Å²) in [5.74, 6) is 0.970. The van der Waals surface area contributed by atoms with Crippen LogP contribution >= 0.6 is 0 Å². The number of amides is 1. The van der Waals surface area contributed by atoms with Gasteiger partial charge in [-0.25, -0.2) is 0 Å². The zero-order valence-electron chi connectivity index (χ0n) is 16.0. The molecule has 0 spiro atoms. The standard InChI is InChI=1S/C21H18F3N3O3/c1-29-17-8-3-2-7-15(17)19-25-20(30-26-19)16-9-10-18(28)27(16)12-13-5-4-6-14(11-13)21(22,23)24/h2-8,11,16H,9-10,12H2,1H3. The predicted molar refractivity (Wildman–Crippen MR) is 100 cm³/mol. The lowest BCUT2D eigenvalue weighted by atomic mass is 10.1. The first-order valence-corrected chi connectivity index (χ1v) is 9.29. The van der Waals surface area contributed by atoms with Crippen LogP contribution in [0.1, 0.15) is 35.9 Å². The highest BCUT2D eigenvalue weighted by Gasteiger charge is 2.37. The van der Waals surface area contributed by atoms with Crippen LogP contribution in [-0.2, 0) is 17.5 Å². The van der Waals surface area contributed by atoms with Crippen molar-refractivity contribution in [3.8, 4) is 17.1 Å². The van der Waals surface area contributed by atoms with Gasteiger partial charge in [-0.1, -0.05) is 29.4 Å². The third-order valence-corrected chi connectivity index (χ3v) is 5.01. The molecule has 1 aliphatic rings. The fourth-order valence-electron chi connectivity index (χ4n) is 3.54. The van der Waals surface area contributed by atoms with E-state index in [0.29, 0.717) is 29.1 Å². The van der Waals surface area contributed by atoms with E-state index in [4.69, 9.17) is 9.26 Å². The average molecular weight is 417 g/mol. The fourth-order valence-corrected chi connectivity index (χ4v) is 3.54. The van der Waals surface area contributed by atoms with Crippen molar-refractivity contribution in [1.29, 1.82) is 0 Å². The van der Waals surface area contributed by atoms with Crippen LogP contribution < -0.4 is 4.74 Å². The van der Waals surface area contributed by atoms with Crippen LogP contribution in [0.4, 0.5) is 13.2 Å². The van der Waals surface area contributed by atoms with E-state index in [1.165, 1.54) is 18.1 Å². The number of halogens is 3. The molecular weight excluding hydrogens is 399 g/mol. The number of carbonyl (C=O) groups excluding carboxylic acids is 1. The molecule has 2 heterocycles. The van der Waals surface area contributed by atoms with Gasteiger partial charge in [0, 0.05) is 13.0 Å². The van der Waals surface area contributed by atoms with Crippen LogP contribution in [0.15, 0.2) is 53.1 Å². The zero-order valence-corrected chi connectivity index (χ0v) is 16.0. The first-order valence-electron chi connectivity index (χ1n) is 9.29. The summed E-state index contributed by atoms with van der Waals surface area (Å²) in [6.45, 7) is 0.0276. The molecule has 1 amide bonds. The number of hydrogen-bond acceptors (Lipinski definition) is 5. The van der Waals surface area contributed by atoms with Gasteiger partial charge in [0.15, 0.2) is 0 Å². The third kappa shape index (κ3) is 3.87. The molecule has 1 unspecified atom stereocenters. The van der Waals surface area contributed by atoms with Crippen LogP contribution in [-0.4, -0.2) is 28.1 Å². The molecule has 1 saturated heterocycles. The summed E-state index contributed by atoms with van der Waals surface area (Å²) in [5.41, 5.74) is 0.276. The van der Waals surface area contributed by atoms with Crippen molar-refractivity contribution in [2.24, 2.45) is 0 Å². The van der Waals surface area contributed by atoms with Gasteiger partial charge in [-0.05, 0) is 36.2 Å². The van der Waals surface area contributed by atoms with Gasteiger partial charge in [0.1, 0.15) is 11.8 Å². The van der Waals surface area contributed by atoms with E-state index in [0.717, 1.165) is 12.1 Å². The lowest BCUT2D eigenvalue weighted by Gasteiger charge is -2.22. The maximum Gasteiger partial charge on any atom is 0.416 e. The topological polar surface area (TPSA) is 68.5 Å². The van der Waals surface area contributed by atoms with Crippen LogP contribution in [0.2, 0.25) is 0 Å². The molecule has 156 valence electrons. The molecule has 1 atom stereocenters. The first-order chi connectivity index (χ1) is 14.4. The summed E-state index contributed by atoms with van der Waals surface area (Å²) in [6.07, 6.45) is -3.73. The van der Waals surface area contributed by atoms with Crippen LogP contribution in [0.5, 0.6) is 5.75 Å². The number of alkyl halides is 3. The summed E-state index contributed by atoms with van der Waals surface area (Å²) in [6, 6.07) is 11.6. The van der Waals surface area contributed by atoms with E-state index in [9.17, 15) is 18.0 Å². The SMILES string of the molecule is COc1ccccc1-c1noc(C2CCC(=O)N2Cc2cccc(C(F)(F)F)c2)n1. The van der Waals surface area contributed by atoms with E-state index in [1.54, 1.807) is 18.2 Å². The molecule has 1 aliphatic heterocycles. The number of likely N-dealkylation sites (tertiary alicyclic amines) is 1. The second kappa shape index (κ2) is 7.81. The number of carbonyl (C=O) groups is 1. The Morgan fingerprint density at radius 2 is 2.00 bits per heavy atom. The zero-order chi connectivity index (χ0) is 21.3. The van der Waals surface area contributed by atoms with Crippen LogP contribution in [0.25, 0.3) is 11.4 Å². The Hall–Kier alpha value is -3.36. The Morgan fingerprint density at radius 3 is 2.77 bits per heavy atom. The van der Waals surface area contributed by atoms with Crippen molar-refractivity contribution >= 4 is 5.91 Å². The van der Waals surface area contributed by atoms with E-state index < -0.39 is 17.8 Å². The summed E-state index contributed by atoms with van der Waals surface area (Å²) in [7, 11) is 1.53. The number of para-hydroxylation sites is 1. The molecule has 30 heavy (non-hydrogen) atoms. The largest absolute Gasteiger partial charge is 0.496 e. The smallest absolute Gasteiger partial charge is 0.416 e. The van der Waals surface area contributed by atoms with Crippen molar-refractivity contribution < 1.29 is 27.2 Å². The van der Waals surface area contributed by atoms with E-state index in [-0.39, 0.29) is 24.8 Å². The highest BCUT2D eigenvalue weighted by atomic mass is 19.4. The summed E-state index contributed by atoms with van der Waals surface area (Å²) >= 11 is 0. The highest BCUT2D eigenvalue weighted by molar-refractivity contribution is 5.79. The maximum absolute atomic E-state index is 13.0. The summed E-state index contributed by atoms with van der Waals surface area (Å²) < 4.78 is 49.7. The van der Waals surface area contributed by atoms with E-state index >= 15 is 0 Å². The number of aromatic nitrogens is 2. The highest BCUT2D eigenvalue weighted by Crippen LogP contribution is 2.36. The lowest BCUT2D eigenvalue weighted by Crippen LogP contribution is -2.27. The van der Waals surface area contributed by atoms with E-state index in [2.05, 4.69) is 10.1 Å².